The van der Waals surface area contributed by atoms with Gasteiger partial charge in [-0.2, -0.15) is 0 Å². The molecule has 0 saturated heterocycles. The summed E-state index contributed by atoms with van der Waals surface area (Å²) in [5, 5.41) is 13.1. The minimum atomic E-state index is -1.55. The number of carbonyl (C=O) groups is 4. The third kappa shape index (κ3) is 6.83. The first kappa shape index (κ1) is 36.7. The molecule has 0 spiro atoms. The summed E-state index contributed by atoms with van der Waals surface area (Å²) in [7, 11) is 4.52. The number of rotatable bonds is 14. The van der Waals surface area contributed by atoms with Gasteiger partial charge in [0.1, 0.15) is 18.2 Å². The Balaban J connectivity index is 1.81. The van der Waals surface area contributed by atoms with E-state index in [0.29, 0.717) is 6.42 Å². The van der Waals surface area contributed by atoms with Crippen LogP contribution in [-0.2, 0) is 23.9 Å². The second-order valence-electron chi connectivity index (χ2n) is 13.1. The van der Waals surface area contributed by atoms with Crippen molar-refractivity contribution < 1.29 is 33.8 Å². The Morgan fingerprint density at radius 1 is 0.848 bits per heavy atom. The average Bonchev–Trinajstić information content (AvgIpc) is 3.32. The lowest BCUT2D eigenvalue weighted by molar-refractivity contribution is -0.173. The quantitative estimate of drug-likeness (QED) is 0.282. The van der Waals surface area contributed by atoms with E-state index in [9.17, 15) is 24.3 Å². The summed E-state index contributed by atoms with van der Waals surface area (Å²) in [6.45, 7) is 12.6. The number of carboxylic acids is 1. The highest BCUT2D eigenvalue weighted by molar-refractivity contribution is 6.01. The first-order chi connectivity index (χ1) is 21.7. The number of nitrogens with one attached hydrogen (secondary N) is 1. The fourth-order valence-electron chi connectivity index (χ4n) is 7.22. The first-order valence-electron chi connectivity index (χ1n) is 16.1. The summed E-state index contributed by atoms with van der Waals surface area (Å²) < 4.78 is 11.4. The predicted octanol–water partition coefficient (Wildman–Crippen LogP) is 5.40. The van der Waals surface area contributed by atoms with Gasteiger partial charge in [-0.1, -0.05) is 96.5 Å². The minimum absolute atomic E-state index is 0.0906. The van der Waals surface area contributed by atoms with E-state index in [1.807, 2.05) is 50.2 Å². The van der Waals surface area contributed by atoms with Gasteiger partial charge in [0.2, 0.25) is 11.8 Å². The normalized spacial score (nSPS) is 16.6. The van der Waals surface area contributed by atoms with E-state index in [2.05, 4.69) is 17.4 Å². The van der Waals surface area contributed by atoms with Crippen LogP contribution in [0.5, 0.6) is 0 Å². The summed E-state index contributed by atoms with van der Waals surface area (Å²) in [6, 6.07) is 14.1. The van der Waals surface area contributed by atoms with E-state index >= 15 is 0 Å². The van der Waals surface area contributed by atoms with E-state index in [-0.39, 0.29) is 24.4 Å². The van der Waals surface area contributed by atoms with E-state index in [1.54, 1.807) is 41.7 Å². The van der Waals surface area contributed by atoms with Crippen molar-refractivity contribution >= 4 is 23.9 Å². The maximum Gasteiger partial charge on any atom is 0.410 e. The van der Waals surface area contributed by atoms with Crippen LogP contribution in [0.2, 0.25) is 0 Å². The number of imide groups is 1. The summed E-state index contributed by atoms with van der Waals surface area (Å²) in [4.78, 5) is 56.6. The Morgan fingerprint density at radius 3 is 1.76 bits per heavy atom. The van der Waals surface area contributed by atoms with Gasteiger partial charge in [-0.3, -0.25) is 29.5 Å². The molecule has 1 aliphatic rings. The molecule has 2 N–H and O–H groups in total. The molecule has 10 nitrogen and oxygen atoms in total. The van der Waals surface area contributed by atoms with Crippen molar-refractivity contribution in [2.45, 2.75) is 84.5 Å². The van der Waals surface area contributed by atoms with E-state index < -0.39 is 53.5 Å². The molecule has 0 bridgehead atoms. The van der Waals surface area contributed by atoms with Crippen LogP contribution < -0.4 is 5.32 Å². The van der Waals surface area contributed by atoms with Gasteiger partial charge in [0.25, 0.3) is 0 Å². The lowest BCUT2D eigenvalue weighted by Crippen LogP contribution is -2.69. The number of amides is 3. The molecular formula is C36H51N3O7. The van der Waals surface area contributed by atoms with Gasteiger partial charge in [-0.25, -0.2) is 4.79 Å². The summed E-state index contributed by atoms with van der Waals surface area (Å²) in [6.07, 6.45) is -0.926. The van der Waals surface area contributed by atoms with Gasteiger partial charge in [-0.05, 0) is 54.0 Å². The van der Waals surface area contributed by atoms with Crippen LogP contribution in [0.1, 0.15) is 71.9 Å². The molecule has 10 heteroatoms. The molecule has 3 rings (SSSR count). The zero-order chi connectivity index (χ0) is 34.5. The van der Waals surface area contributed by atoms with Crippen molar-refractivity contribution in [2.75, 3.05) is 27.8 Å². The second kappa shape index (κ2) is 15.2. The van der Waals surface area contributed by atoms with Crippen LogP contribution >= 0.6 is 0 Å². The van der Waals surface area contributed by atoms with Gasteiger partial charge < -0.3 is 14.6 Å². The average molecular weight is 638 g/mol. The molecule has 5 atom stereocenters. The van der Waals surface area contributed by atoms with Gasteiger partial charge in [0, 0.05) is 20.1 Å². The highest BCUT2D eigenvalue weighted by Gasteiger charge is 2.55. The molecule has 3 amide bonds. The number of hydrogen-bond acceptors (Lipinski definition) is 7. The zero-order valence-electron chi connectivity index (χ0n) is 28.9. The molecule has 1 aliphatic carbocycles. The molecule has 0 heterocycles. The SMILES string of the molecule is CC[C@H](C)[C@](C(=O)O)([C@@H](C)OC)N(C)[C@H](C(=O)NC(=O)[C@H](C(C)C)N(C)C(=O)OCC1c2ccccc2-c2ccccc21)C(C)C. The van der Waals surface area contributed by atoms with Gasteiger partial charge in [-0.15, -0.1) is 0 Å². The van der Waals surface area contributed by atoms with E-state index in [4.69, 9.17) is 9.47 Å². The Kier molecular flexibility index (Phi) is 12.1. The predicted molar refractivity (Wildman–Crippen MR) is 177 cm³/mol. The Morgan fingerprint density at radius 2 is 1.33 bits per heavy atom. The van der Waals surface area contributed by atoms with Crippen LogP contribution in [0, 0.1) is 17.8 Å². The molecule has 2 aromatic carbocycles. The van der Waals surface area contributed by atoms with Crippen LogP contribution in [0.3, 0.4) is 0 Å². The zero-order valence-corrected chi connectivity index (χ0v) is 28.9. The molecule has 2 aromatic rings. The molecule has 0 saturated carbocycles. The summed E-state index contributed by atoms with van der Waals surface area (Å²) in [5.41, 5.74) is 2.81. The smallest absolute Gasteiger partial charge is 0.410 e. The molecule has 0 fully saturated rings. The number of fused-ring (bicyclic) bond motifs is 3. The fourth-order valence-corrected chi connectivity index (χ4v) is 7.22. The second-order valence-corrected chi connectivity index (χ2v) is 13.1. The molecular weight excluding hydrogens is 586 g/mol. The number of methoxy groups -OCH3 is 1. The fraction of sp³-hybridized carbons (Fsp3) is 0.556. The number of aliphatic carboxylic acids is 1. The Labute approximate surface area is 273 Å². The minimum Gasteiger partial charge on any atom is -0.480 e. The number of carboxylic acid groups (broad SMARTS) is 1. The number of benzene rings is 2. The van der Waals surface area contributed by atoms with Crippen molar-refractivity contribution in [1.82, 2.24) is 15.1 Å². The van der Waals surface area contributed by atoms with Crippen LogP contribution in [0.25, 0.3) is 11.1 Å². The van der Waals surface area contributed by atoms with Crippen LogP contribution in [0.15, 0.2) is 48.5 Å². The molecule has 252 valence electrons. The monoisotopic (exact) mass is 637 g/mol. The van der Waals surface area contributed by atoms with Crippen molar-refractivity contribution in [3.63, 3.8) is 0 Å². The first-order valence-corrected chi connectivity index (χ1v) is 16.1. The van der Waals surface area contributed by atoms with Crippen molar-refractivity contribution in [2.24, 2.45) is 17.8 Å². The molecule has 0 unspecified atom stereocenters. The maximum absolute atomic E-state index is 13.8. The topological polar surface area (TPSA) is 125 Å². The highest BCUT2D eigenvalue weighted by Crippen LogP contribution is 2.44. The number of hydrogen-bond donors (Lipinski definition) is 2. The molecule has 0 aliphatic heterocycles. The van der Waals surface area contributed by atoms with Crippen molar-refractivity contribution in [1.29, 1.82) is 0 Å². The summed E-state index contributed by atoms with van der Waals surface area (Å²) in [5.74, 6) is -3.68. The van der Waals surface area contributed by atoms with Gasteiger partial charge in [0.05, 0.1) is 12.1 Å². The van der Waals surface area contributed by atoms with Gasteiger partial charge >= 0.3 is 12.1 Å². The third-order valence-corrected chi connectivity index (χ3v) is 9.77. The summed E-state index contributed by atoms with van der Waals surface area (Å²) >= 11 is 0. The van der Waals surface area contributed by atoms with Gasteiger partial charge in [0.15, 0.2) is 0 Å². The number of carbonyl (C=O) groups excluding carboxylic acids is 3. The molecule has 0 radical (unpaired) electrons. The van der Waals surface area contributed by atoms with Crippen LogP contribution in [-0.4, -0.2) is 90.3 Å². The standard InChI is InChI=1S/C36H51N3O7/c1-11-23(6)36(34(42)43,24(7)45-10)39(9)31(22(4)5)33(41)37-32(40)30(21(2)3)38(8)35(44)46-20-29-27-18-14-12-16-25(27)26-17-13-15-19-28(26)29/h12-19,21-24,29-31H,11,20H2,1-10H3,(H,42,43)(H,37,40,41)/t23-,24+,30-,31-,36+/m0/s1. The van der Waals surface area contributed by atoms with E-state index in [1.165, 1.54) is 24.0 Å². The maximum atomic E-state index is 13.8. The number of ether oxygens (including phenoxy) is 2. The number of nitrogens with zero attached hydrogens (tertiary/aromatic N) is 2. The van der Waals surface area contributed by atoms with E-state index in [0.717, 1.165) is 22.3 Å². The van der Waals surface area contributed by atoms with Crippen molar-refractivity contribution in [3.05, 3.63) is 59.7 Å². The lowest BCUT2D eigenvalue weighted by atomic mass is 9.76. The molecule has 0 aromatic heterocycles. The Bertz CT molecular complexity index is 1350. The van der Waals surface area contributed by atoms with Crippen LogP contribution in [0.4, 0.5) is 4.79 Å². The largest absolute Gasteiger partial charge is 0.480 e. The third-order valence-electron chi connectivity index (χ3n) is 9.77. The Hall–Kier alpha value is -3.76. The highest BCUT2D eigenvalue weighted by atomic mass is 16.6. The number of likely N-dealkylation sites (N-methyl/N-ethyl adjacent to an activating group) is 2. The van der Waals surface area contributed by atoms with Crippen molar-refractivity contribution in [3.8, 4) is 11.1 Å². The lowest BCUT2D eigenvalue weighted by Gasteiger charge is -2.49. The molecule has 46 heavy (non-hydrogen) atoms.